The van der Waals surface area contributed by atoms with Crippen LogP contribution < -0.4 is 0 Å². The first-order valence-corrected chi connectivity index (χ1v) is 11.1. The molecule has 0 saturated carbocycles. The second-order valence-corrected chi connectivity index (χ2v) is 8.17. The van der Waals surface area contributed by atoms with Gasteiger partial charge in [-0.3, -0.25) is 0 Å². The van der Waals surface area contributed by atoms with Gasteiger partial charge in [0, 0.05) is 0 Å². The van der Waals surface area contributed by atoms with Crippen LogP contribution in [0.4, 0.5) is 34.1 Å². The van der Waals surface area contributed by atoms with Crippen molar-refractivity contribution in [2.24, 2.45) is 30.7 Å². The van der Waals surface area contributed by atoms with E-state index in [1.54, 1.807) is 42.5 Å². The van der Waals surface area contributed by atoms with Gasteiger partial charge in [0.15, 0.2) is 0 Å². The average Bonchev–Trinajstić information content (AvgIpc) is 2.85. The Labute approximate surface area is 211 Å². The van der Waals surface area contributed by atoms with Gasteiger partial charge in [0.1, 0.15) is 11.5 Å². The van der Waals surface area contributed by atoms with Crippen molar-refractivity contribution in [3.8, 4) is 11.5 Å². The molecule has 0 radical (unpaired) electrons. The summed E-state index contributed by atoms with van der Waals surface area (Å²) in [7, 11) is 0. The predicted octanol–water partition coefficient (Wildman–Crippen LogP) is 9.96. The highest BCUT2D eigenvalue weighted by Crippen LogP contribution is 2.31. The molecule has 2 N–H and O–H groups in total. The third-order valence-electron chi connectivity index (χ3n) is 4.73. The lowest BCUT2D eigenvalue weighted by Crippen LogP contribution is -1.74. The highest BCUT2D eigenvalue weighted by Gasteiger charge is 2.02. The molecule has 0 heterocycles. The van der Waals surface area contributed by atoms with Gasteiger partial charge in [0.2, 0.25) is 0 Å². The Hall–Kier alpha value is -4.14. The van der Waals surface area contributed by atoms with E-state index in [2.05, 4.69) is 30.7 Å². The van der Waals surface area contributed by atoms with E-state index in [9.17, 15) is 10.2 Å². The fourth-order valence-electron chi connectivity index (χ4n) is 2.86. The summed E-state index contributed by atoms with van der Waals surface area (Å²) >= 11 is 11.8. The van der Waals surface area contributed by atoms with Crippen LogP contribution in [0.3, 0.4) is 0 Å². The van der Waals surface area contributed by atoms with Gasteiger partial charge < -0.3 is 10.2 Å². The summed E-state index contributed by atoms with van der Waals surface area (Å²) in [6, 6.07) is 21.8. The average molecular weight is 505 g/mol. The van der Waals surface area contributed by atoms with Gasteiger partial charge in [-0.25, -0.2) is 0 Å². The lowest BCUT2D eigenvalue weighted by Gasteiger charge is -2.01. The van der Waals surface area contributed by atoms with E-state index >= 15 is 0 Å². The molecule has 0 amide bonds. The zero-order chi connectivity index (χ0) is 24.8. The molecule has 0 spiro atoms. The summed E-state index contributed by atoms with van der Waals surface area (Å²) in [6.45, 7) is 1.91. The Morgan fingerprint density at radius 3 is 1.31 bits per heavy atom. The van der Waals surface area contributed by atoms with Crippen molar-refractivity contribution in [3.05, 3.63) is 94.5 Å². The topological polar surface area (TPSA) is 115 Å². The van der Waals surface area contributed by atoms with Crippen LogP contribution in [0.15, 0.2) is 110 Å². The fraction of sp³-hybridized carbons (Fsp3) is 0.0400. The van der Waals surface area contributed by atoms with Crippen LogP contribution in [0.2, 0.25) is 10.0 Å². The zero-order valence-electron chi connectivity index (χ0n) is 18.3. The number of rotatable bonds is 6. The van der Waals surface area contributed by atoms with Crippen molar-refractivity contribution >= 4 is 57.3 Å². The van der Waals surface area contributed by atoms with E-state index < -0.39 is 0 Å². The molecule has 0 aliphatic carbocycles. The molecule has 174 valence electrons. The molecular weight excluding hydrogens is 487 g/mol. The third-order valence-corrected chi connectivity index (χ3v) is 5.33. The Balaban J connectivity index is 1.40. The van der Waals surface area contributed by atoms with Gasteiger partial charge in [0.05, 0.1) is 44.2 Å². The Morgan fingerprint density at radius 2 is 0.857 bits per heavy atom. The molecule has 0 fully saturated rings. The van der Waals surface area contributed by atoms with E-state index in [1.807, 2.05) is 19.1 Å². The standard InChI is InChI=1S/C25H18Cl2N6O2/c1-15-12-18(30-32-20-8-11-25(35)22(27)14-20)6-9-23(15)33-29-17-4-2-16(3-5-17)28-31-19-7-10-24(34)21(26)13-19/h2-14,34-35H,1H3. The molecule has 4 aromatic carbocycles. The molecule has 0 aromatic heterocycles. The zero-order valence-corrected chi connectivity index (χ0v) is 19.9. The summed E-state index contributed by atoms with van der Waals surface area (Å²) in [5, 5.41) is 44.6. The SMILES string of the molecule is Cc1cc(N=Nc2ccc(O)c(Cl)c2)ccc1N=Nc1ccc(N=Nc2ccc(O)c(Cl)c2)cc1. The molecule has 0 bridgehead atoms. The van der Waals surface area contributed by atoms with E-state index in [0.29, 0.717) is 34.1 Å². The van der Waals surface area contributed by atoms with Gasteiger partial charge in [-0.15, -0.1) is 0 Å². The minimum atomic E-state index is -0.00551. The van der Waals surface area contributed by atoms with Crippen molar-refractivity contribution in [1.82, 2.24) is 0 Å². The first kappa shape index (κ1) is 24.0. The van der Waals surface area contributed by atoms with Crippen LogP contribution in [0.5, 0.6) is 11.5 Å². The van der Waals surface area contributed by atoms with Crippen LogP contribution in [0.1, 0.15) is 5.56 Å². The maximum absolute atomic E-state index is 9.48. The Morgan fingerprint density at radius 1 is 0.486 bits per heavy atom. The molecule has 4 aromatic rings. The molecule has 0 aliphatic rings. The van der Waals surface area contributed by atoms with Crippen molar-refractivity contribution in [2.45, 2.75) is 6.92 Å². The molecule has 0 saturated heterocycles. The summed E-state index contributed by atoms with van der Waals surface area (Å²) < 4.78 is 0. The number of phenolic OH excluding ortho intramolecular Hbond substituents is 2. The van der Waals surface area contributed by atoms with Crippen molar-refractivity contribution in [3.63, 3.8) is 0 Å². The van der Waals surface area contributed by atoms with Crippen LogP contribution in [0.25, 0.3) is 0 Å². The fourth-order valence-corrected chi connectivity index (χ4v) is 3.21. The highest BCUT2D eigenvalue weighted by atomic mass is 35.5. The minimum absolute atomic E-state index is 0.00495. The number of halogens is 2. The quantitative estimate of drug-likeness (QED) is 0.254. The van der Waals surface area contributed by atoms with Crippen LogP contribution in [-0.4, -0.2) is 10.2 Å². The predicted molar refractivity (Wildman–Crippen MR) is 136 cm³/mol. The molecular formula is C25H18Cl2N6O2. The third kappa shape index (κ3) is 6.47. The smallest absolute Gasteiger partial charge is 0.134 e. The number of phenols is 2. The molecule has 0 atom stereocenters. The number of nitrogens with zero attached hydrogens (tertiary/aromatic N) is 6. The number of hydrogen-bond donors (Lipinski definition) is 2. The summed E-state index contributed by atoms with van der Waals surface area (Å²) in [5.41, 5.74) is 4.58. The van der Waals surface area contributed by atoms with Gasteiger partial charge in [-0.2, -0.15) is 30.7 Å². The monoisotopic (exact) mass is 504 g/mol. The molecule has 0 unspecified atom stereocenters. The van der Waals surface area contributed by atoms with Gasteiger partial charge in [-0.05, 0) is 91.3 Å². The number of aromatic hydroxyl groups is 2. The summed E-state index contributed by atoms with van der Waals surface area (Å²) in [6.07, 6.45) is 0. The van der Waals surface area contributed by atoms with Crippen molar-refractivity contribution in [2.75, 3.05) is 0 Å². The van der Waals surface area contributed by atoms with Crippen molar-refractivity contribution < 1.29 is 10.2 Å². The molecule has 10 heteroatoms. The number of aryl methyl sites for hydroxylation is 1. The largest absolute Gasteiger partial charge is 0.506 e. The molecule has 8 nitrogen and oxygen atoms in total. The van der Waals surface area contributed by atoms with Crippen LogP contribution >= 0.6 is 23.2 Å². The number of hydrogen-bond acceptors (Lipinski definition) is 8. The molecule has 35 heavy (non-hydrogen) atoms. The second kappa shape index (κ2) is 10.9. The lowest BCUT2D eigenvalue weighted by molar-refractivity contribution is 0.475. The normalized spacial score (nSPS) is 11.7. The van der Waals surface area contributed by atoms with Gasteiger partial charge in [-0.1, -0.05) is 23.2 Å². The highest BCUT2D eigenvalue weighted by molar-refractivity contribution is 6.32. The maximum atomic E-state index is 9.48. The Bertz CT molecular complexity index is 1450. The van der Waals surface area contributed by atoms with E-state index in [0.717, 1.165) is 5.56 Å². The lowest BCUT2D eigenvalue weighted by atomic mass is 10.2. The summed E-state index contributed by atoms with van der Waals surface area (Å²) in [4.78, 5) is 0. The van der Waals surface area contributed by atoms with E-state index in [1.165, 1.54) is 24.3 Å². The Kier molecular flexibility index (Phi) is 7.45. The first-order valence-electron chi connectivity index (χ1n) is 10.3. The molecule has 4 rings (SSSR count). The second-order valence-electron chi connectivity index (χ2n) is 7.36. The van der Waals surface area contributed by atoms with Crippen molar-refractivity contribution in [1.29, 1.82) is 0 Å². The first-order chi connectivity index (χ1) is 16.9. The number of azo groups is 3. The number of benzene rings is 4. The van der Waals surface area contributed by atoms with Gasteiger partial charge in [0.25, 0.3) is 0 Å². The maximum Gasteiger partial charge on any atom is 0.134 e. The minimum Gasteiger partial charge on any atom is -0.506 e. The van der Waals surface area contributed by atoms with Crippen LogP contribution in [-0.2, 0) is 0 Å². The van der Waals surface area contributed by atoms with Crippen LogP contribution in [0, 0.1) is 6.92 Å². The van der Waals surface area contributed by atoms with Gasteiger partial charge >= 0.3 is 0 Å². The molecule has 0 aliphatic heterocycles. The van der Waals surface area contributed by atoms with E-state index in [4.69, 9.17) is 23.2 Å². The summed E-state index contributed by atoms with van der Waals surface area (Å²) in [5.74, 6) is -0.0105. The van der Waals surface area contributed by atoms with E-state index in [-0.39, 0.29) is 21.5 Å².